The van der Waals surface area contributed by atoms with Crippen molar-refractivity contribution >= 4 is 31.7 Å². The van der Waals surface area contributed by atoms with Crippen molar-refractivity contribution in [2.75, 3.05) is 19.8 Å². The Labute approximate surface area is 112 Å². The number of hydrogen-bond donors (Lipinski definition) is 0. The first-order chi connectivity index (χ1) is 7.55. The molecule has 0 unspecified atom stereocenters. The lowest BCUT2D eigenvalue weighted by atomic mass is 9.85. The number of hydrogen-bond acceptors (Lipinski definition) is 3. The van der Waals surface area contributed by atoms with E-state index in [0.29, 0.717) is 17.3 Å². The number of nitrogens with zero attached hydrogens (tertiary/aromatic N) is 1. The predicted molar refractivity (Wildman–Crippen MR) is 72.0 cm³/mol. The fourth-order valence-corrected chi connectivity index (χ4v) is 3.42. The molecule has 0 heterocycles. The average molecular weight is 326 g/mol. The first kappa shape index (κ1) is 15.0. The summed E-state index contributed by atoms with van der Waals surface area (Å²) in [6, 6.07) is 0. The monoisotopic (exact) mass is 325 g/mol. The molecule has 1 aliphatic carbocycles. The van der Waals surface area contributed by atoms with Crippen LogP contribution >= 0.6 is 15.9 Å². The molecule has 0 aromatic heterocycles. The zero-order chi connectivity index (χ0) is 13.4. The highest BCUT2D eigenvalue weighted by atomic mass is 79.9. The number of carbonyl (C=O) groups is 1. The van der Waals surface area contributed by atoms with E-state index in [0.717, 1.165) is 19.1 Å². The number of alkyl halides is 1. The lowest BCUT2D eigenvalue weighted by molar-refractivity contribution is -0.132. The second-order valence-corrected chi connectivity index (χ2v) is 9.26. The van der Waals surface area contributed by atoms with Crippen LogP contribution in [0.25, 0.3) is 0 Å². The van der Waals surface area contributed by atoms with Gasteiger partial charge in [-0.05, 0) is 32.6 Å². The molecule has 0 N–H and O–H groups in total. The smallest absolute Gasteiger partial charge is 0.243 e. The maximum atomic E-state index is 12.1. The largest absolute Gasteiger partial charge is 0.344 e. The SMILES string of the molecule is CN(CC1CC(Br)C1)C(=O)C(C)(C)S(C)(=O)=O. The van der Waals surface area contributed by atoms with Crippen molar-refractivity contribution in [3.05, 3.63) is 0 Å². The fourth-order valence-electron chi connectivity index (χ4n) is 1.89. The van der Waals surface area contributed by atoms with Gasteiger partial charge in [-0.25, -0.2) is 8.42 Å². The van der Waals surface area contributed by atoms with Crippen LogP contribution in [0.3, 0.4) is 0 Å². The van der Waals surface area contributed by atoms with Crippen molar-refractivity contribution < 1.29 is 13.2 Å². The average Bonchev–Trinajstić information content (AvgIpc) is 2.12. The summed E-state index contributed by atoms with van der Waals surface area (Å²) in [6.45, 7) is 3.57. The van der Waals surface area contributed by atoms with E-state index in [1.807, 2.05) is 0 Å². The first-order valence-electron chi connectivity index (χ1n) is 5.65. The van der Waals surface area contributed by atoms with Gasteiger partial charge >= 0.3 is 0 Å². The van der Waals surface area contributed by atoms with Crippen LogP contribution in [0.15, 0.2) is 0 Å². The molecule has 0 atom stereocenters. The van der Waals surface area contributed by atoms with Crippen LogP contribution in [0.4, 0.5) is 0 Å². The molecule has 0 saturated heterocycles. The normalized spacial score (nSPS) is 25.2. The molecule has 0 radical (unpaired) electrons. The van der Waals surface area contributed by atoms with E-state index >= 15 is 0 Å². The van der Waals surface area contributed by atoms with Crippen molar-refractivity contribution in [3.63, 3.8) is 0 Å². The molecular weight excluding hydrogens is 306 g/mol. The third kappa shape index (κ3) is 3.22. The first-order valence-corrected chi connectivity index (χ1v) is 8.45. The second kappa shape index (κ2) is 4.88. The van der Waals surface area contributed by atoms with E-state index in [-0.39, 0.29) is 5.91 Å². The van der Waals surface area contributed by atoms with Crippen molar-refractivity contribution in [3.8, 4) is 0 Å². The minimum absolute atomic E-state index is 0.321. The van der Waals surface area contributed by atoms with E-state index in [1.165, 1.54) is 13.8 Å². The molecule has 0 aliphatic heterocycles. The zero-order valence-corrected chi connectivity index (χ0v) is 13.1. The van der Waals surface area contributed by atoms with Crippen LogP contribution in [0.2, 0.25) is 0 Å². The molecular formula is C11H20BrNO3S. The molecule has 17 heavy (non-hydrogen) atoms. The lowest BCUT2D eigenvalue weighted by Crippen LogP contribution is -2.50. The molecule has 1 saturated carbocycles. The molecule has 1 fully saturated rings. The standard InChI is InChI=1S/C11H20BrNO3S/c1-11(2,17(4,15)16)10(14)13(3)7-8-5-9(12)6-8/h8-9H,5-7H2,1-4H3. The molecule has 0 aromatic rings. The van der Waals surface area contributed by atoms with Gasteiger partial charge in [0.15, 0.2) is 9.84 Å². The summed E-state index contributed by atoms with van der Waals surface area (Å²) in [6.07, 6.45) is 3.21. The van der Waals surface area contributed by atoms with E-state index in [2.05, 4.69) is 15.9 Å². The lowest BCUT2D eigenvalue weighted by Gasteiger charge is -2.36. The topological polar surface area (TPSA) is 54.5 Å². The molecule has 0 aromatic carbocycles. The molecule has 1 aliphatic rings. The third-order valence-corrected chi connectivity index (χ3v) is 6.28. The van der Waals surface area contributed by atoms with E-state index in [9.17, 15) is 13.2 Å². The Kier molecular flexibility index (Phi) is 4.29. The Morgan fingerprint density at radius 3 is 2.24 bits per heavy atom. The Bertz CT molecular complexity index is 399. The van der Waals surface area contributed by atoms with Gasteiger partial charge in [0.1, 0.15) is 4.75 Å². The van der Waals surface area contributed by atoms with Crippen LogP contribution in [0.1, 0.15) is 26.7 Å². The summed E-state index contributed by atoms with van der Waals surface area (Å²) in [5.74, 6) is 0.168. The van der Waals surface area contributed by atoms with E-state index in [4.69, 9.17) is 0 Å². The van der Waals surface area contributed by atoms with E-state index < -0.39 is 14.6 Å². The van der Waals surface area contributed by atoms with Gasteiger partial charge < -0.3 is 4.90 Å². The molecule has 4 nitrogen and oxygen atoms in total. The minimum Gasteiger partial charge on any atom is -0.344 e. The highest BCUT2D eigenvalue weighted by Crippen LogP contribution is 2.34. The summed E-state index contributed by atoms with van der Waals surface area (Å²) in [7, 11) is -1.70. The zero-order valence-electron chi connectivity index (χ0n) is 10.7. The van der Waals surface area contributed by atoms with Crippen LogP contribution in [0, 0.1) is 5.92 Å². The van der Waals surface area contributed by atoms with Gasteiger partial charge in [0.25, 0.3) is 0 Å². The minimum atomic E-state index is -3.38. The number of amides is 1. The molecule has 100 valence electrons. The van der Waals surface area contributed by atoms with Gasteiger partial charge in [-0.3, -0.25) is 4.79 Å². The maximum Gasteiger partial charge on any atom is 0.243 e. The summed E-state index contributed by atoms with van der Waals surface area (Å²) in [5.41, 5.74) is 0. The van der Waals surface area contributed by atoms with Crippen LogP contribution < -0.4 is 0 Å². The van der Waals surface area contributed by atoms with Crippen molar-refractivity contribution in [2.24, 2.45) is 5.92 Å². The molecule has 1 rings (SSSR count). The summed E-state index contributed by atoms with van der Waals surface area (Å²) < 4.78 is 21.8. The highest BCUT2D eigenvalue weighted by molar-refractivity contribution is 9.09. The van der Waals surface area contributed by atoms with Crippen molar-refractivity contribution in [2.45, 2.75) is 36.3 Å². The number of rotatable bonds is 4. The summed E-state index contributed by atoms with van der Waals surface area (Å²) in [5, 5.41) is 0. The second-order valence-electron chi connectivity index (χ2n) is 5.40. The van der Waals surface area contributed by atoms with Gasteiger partial charge in [0, 0.05) is 24.7 Å². The fraction of sp³-hybridized carbons (Fsp3) is 0.909. The quantitative estimate of drug-likeness (QED) is 0.735. The third-order valence-electron chi connectivity index (χ3n) is 3.50. The number of sulfone groups is 1. The van der Waals surface area contributed by atoms with Crippen LogP contribution in [0.5, 0.6) is 0 Å². The van der Waals surface area contributed by atoms with Gasteiger partial charge in [0.05, 0.1) is 0 Å². The van der Waals surface area contributed by atoms with Crippen molar-refractivity contribution in [1.82, 2.24) is 4.90 Å². The summed E-state index contributed by atoms with van der Waals surface area (Å²) >= 11 is 3.50. The van der Waals surface area contributed by atoms with Crippen molar-refractivity contribution in [1.29, 1.82) is 0 Å². The Hall–Kier alpha value is -0.100. The molecule has 6 heteroatoms. The number of halogens is 1. The van der Waals surface area contributed by atoms with Crippen LogP contribution in [-0.4, -0.2) is 48.6 Å². The van der Waals surface area contributed by atoms with E-state index in [1.54, 1.807) is 11.9 Å². The van der Waals surface area contributed by atoms with Gasteiger partial charge in [-0.2, -0.15) is 0 Å². The van der Waals surface area contributed by atoms with Gasteiger partial charge in [-0.1, -0.05) is 15.9 Å². The van der Waals surface area contributed by atoms with Gasteiger partial charge in [0.2, 0.25) is 5.91 Å². The Morgan fingerprint density at radius 1 is 1.41 bits per heavy atom. The maximum absolute atomic E-state index is 12.1. The van der Waals surface area contributed by atoms with Crippen LogP contribution in [-0.2, 0) is 14.6 Å². The molecule has 0 spiro atoms. The molecule has 1 amide bonds. The van der Waals surface area contributed by atoms with Gasteiger partial charge in [-0.15, -0.1) is 0 Å². The Balaban J connectivity index is 2.64. The number of carbonyl (C=O) groups excluding carboxylic acids is 1. The Morgan fingerprint density at radius 2 is 1.88 bits per heavy atom. The highest BCUT2D eigenvalue weighted by Gasteiger charge is 2.41. The predicted octanol–water partition coefficient (Wildman–Crippen LogP) is 1.44. The molecule has 0 bridgehead atoms. The summed E-state index contributed by atoms with van der Waals surface area (Å²) in [4.78, 5) is 14.2.